The predicted octanol–water partition coefficient (Wildman–Crippen LogP) is 1.51. The second-order valence-electron chi connectivity index (χ2n) is 6.45. The smallest absolute Gasteiger partial charge is 0.323 e. The van der Waals surface area contributed by atoms with Crippen molar-refractivity contribution in [3.8, 4) is 0 Å². The molecule has 3 rings (SSSR count). The number of piperidine rings is 1. The van der Waals surface area contributed by atoms with Gasteiger partial charge in [-0.25, -0.2) is 8.42 Å². The number of aromatic nitrogens is 1. The highest BCUT2D eigenvalue weighted by Crippen LogP contribution is 2.27. The van der Waals surface area contributed by atoms with Crippen molar-refractivity contribution in [2.24, 2.45) is 5.92 Å². The molecule has 7 nitrogen and oxygen atoms in total. The average Bonchev–Trinajstić information content (AvgIpc) is 2.57. The zero-order valence-corrected chi connectivity index (χ0v) is 14.7. The molecule has 0 amide bonds. The van der Waals surface area contributed by atoms with E-state index in [9.17, 15) is 18.0 Å². The van der Waals surface area contributed by atoms with Gasteiger partial charge in [0.25, 0.3) is 5.56 Å². The summed E-state index contributed by atoms with van der Waals surface area (Å²) in [5.41, 5.74) is -0.510. The minimum absolute atomic E-state index is 0.0153. The lowest BCUT2D eigenvalue weighted by Gasteiger charge is -2.29. The molecule has 1 N–H and O–H groups in total. The molecule has 1 aromatic carbocycles. The molecule has 1 aromatic heterocycles. The van der Waals surface area contributed by atoms with Crippen LogP contribution in [0.3, 0.4) is 0 Å². The zero-order valence-electron chi connectivity index (χ0n) is 13.9. The Kier molecular flexibility index (Phi) is 4.66. The molecular formula is C17H20N2O5S. The van der Waals surface area contributed by atoms with E-state index in [0.29, 0.717) is 24.4 Å². The highest BCUT2D eigenvalue weighted by Gasteiger charge is 2.30. The van der Waals surface area contributed by atoms with Gasteiger partial charge < -0.3 is 9.67 Å². The SMILES string of the molecule is CC1CCN(S(=O)(=O)c2cn(CC(=O)O)c(=O)c3ccccc23)CC1. The Bertz CT molecular complexity index is 972. The average molecular weight is 364 g/mol. The highest BCUT2D eigenvalue weighted by atomic mass is 32.2. The highest BCUT2D eigenvalue weighted by molar-refractivity contribution is 7.89. The van der Waals surface area contributed by atoms with Gasteiger partial charge in [0.15, 0.2) is 0 Å². The van der Waals surface area contributed by atoms with E-state index < -0.39 is 28.1 Å². The first-order valence-corrected chi connectivity index (χ1v) is 9.59. The van der Waals surface area contributed by atoms with Crippen LogP contribution in [-0.4, -0.2) is 41.5 Å². The molecule has 1 saturated heterocycles. The molecule has 134 valence electrons. The van der Waals surface area contributed by atoms with E-state index in [1.807, 2.05) is 0 Å². The van der Waals surface area contributed by atoms with Gasteiger partial charge in [-0.05, 0) is 24.8 Å². The van der Waals surface area contributed by atoms with Crippen molar-refractivity contribution in [1.29, 1.82) is 0 Å². The number of sulfonamides is 1. The van der Waals surface area contributed by atoms with Crippen molar-refractivity contribution in [2.45, 2.75) is 31.2 Å². The third kappa shape index (κ3) is 3.32. The van der Waals surface area contributed by atoms with Crippen molar-refractivity contribution in [3.05, 3.63) is 40.8 Å². The number of hydrogen-bond acceptors (Lipinski definition) is 4. The molecule has 0 saturated carbocycles. The van der Waals surface area contributed by atoms with E-state index >= 15 is 0 Å². The Hall–Kier alpha value is -2.19. The number of hydrogen-bond donors (Lipinski definition) is 1. The number of aliphatic carboxylic acids is 1. The molecule has 0 unspecified atom stereocenters. The number of pyridine rings is 1. The van der Waals surface area contributed by atoms with Gasteiger partial charge in [-0.1, -0.05) is 25.1 Å². The van der Waals surface area contributed by atoms with E-state index in [2.05, 4.69) is 6.92 Å². The third-order valence-electron chi connectivity index (χ3n) is 4.62. The maximum absolute atomic E-state index is 13.1. The Morgan fingerprint density at radius 1 is 1.20 bits per heavy atom. The van der Waals surface area contributed by atoms with Crippen LogP contribution in [-0.2, 0) is 21.4 Å². The molecule has 25 heavy (non-hydrogen) atoms. The first-order valence-electron chi connectivity index (χ1n) is 8.15. The summed E-state index contributed by atoms with van der Waals surface area (Å²) in [5, 5.41) is 9.55. The van der Waals surface area contributed by atoms with Gasteiger partial charge in [-0.15, -0.1) is 0 Å². The zero-order chi connectivity index (χ0) is 18.2. The van der Waals surface area contributed by atoms with Crippen LogP contribution in [0.2, 0.25) is 0 Å². The maximum Gasteiger partial charge on any atom is 0.323 e. The maximum atomic E-state index is 13.1. The van der Waals surface area contributed by atoms with Gasteiger partial charge in [-0.2, -0.15) is 4.31 Å². The Morgan fingerprint density at radius 3 is 2.40 bits per heavy atom. The summed E-state index contributed by atoms with van der Waals surface area (Å²) in [6.07, 6.45) is 2.73. The van der Waals surface area contributed by atoms with Crippen molar-refractivity contribution >= 4 is 26.8 Å². The normalized spacial score (nSPS) is 17.0. The molecule has 8 heteroatoms. The van der Waals surface area contributed by atoms with Crippen LogP contribution in [0.5, 0.6) is 0 Å². The van der Waals surface area contributed by atoms with Crippen LogP contribution >= 0.6 is 0 Å². The molecule has 0 aliphatic carbocycles. The first kappa shape index (κ1) is 17.6. The fraction of sp³-hybridized carbons (Fsp3) is 0.412. The topological polar surface area (TPSA) is 96.7 Å². The monoisotopic (exact) mass is 364 g/mol. The second kappa shape index (κ2) is 6.61. The quantitative estimate of drug-likeness (QED) is 0.887. The van der Waals surface area contributed by atoms with E-state index in [1.54, 1.807) is 18.2 Å². The van der Waals surface area contributed by atoms with Crippen molar-refractivity contribution < 1.29 is 18.3 Å². The number of carbonyl (C=O) groups is 1. The summed E-state index contributed by atoms with van der Waals surface area (Å²) >= 11 is 0. The lowest BCUT2D eigenvalue weighted by molar-refractivity contribution is -0.137. The molecule has 0 radical (unpaired) electrons. The van der Waals surface area contributed by atoms with E-state index in [1.165, 1.54) is 10.4 Å². The Morgan fingerprint density at radius 2 is 1.80 bits per heavy atom. The lowest BCUT2D eigenvalue weighted by Crippen LogP contribution is -2.38. The van der Waals surface area contributed by atoms with E-state index in [0.717, 1.165) is 23.6 Å². The fourth-order valence-electron chi connectivity index (χ4n) is 3.14. The molecule has 0 atom stereocenters. The second-order valence-corrected chi connectivity index (χ2v) is 8.36. The van der Waals surface area contributed by atoms with E-state index in [4.69, 9.17) is 5.11 Å². The molecule has 1 aliphatic heterocycles. The summed E-state index contributed by atoms with van der Waals surface area (Å²) in [6.45, 7) is 2.36. The van der Waals surface area contributed by atoms with Gasteiger partial charge in [-0.3, -0.25) is 9.59 Å². The van der Waals surface area contributed by atoms with Crippen LogP contribution < -0.4 is 5.56 Å². The minimum Gasteiger partial charge on any atom is -0.480 e. The molecule has 2 heterocycles. The summed E-state index contributed by atoms with van der Waals surface area (Å²) in [5.74, 6) is -0.725. The first-order chi connectivity index (χ1) is 11.8. The lowest BCUT2D eigenvalue weighted by atomic mass is 10.0. The summed E-state index contributed by atoms with van der Waals surface area (Å²) in [7, 11) is -3.81. The van der Waals surface area contributed by atoms with Crippen LogP contribution in [0.1, 0.15) is 19.8 Å². The summed E-state index contributed by atoms with van der Waals surface area (Å²) in [6, 6.07) is 6.41. The number of carboxylic acids is 1. The van der Waals surface area contributed by atoms with Gasteiger partial charge in [0.2, 0.25) is 10.0 Å². The van der Waals surface area contributed by atoms with Crippen LogP contribution in [0, 0.1) is 5.92 Å². The number of fused-ring (bicyclic) bond motifs is 1. The van der Waals surface area contributed by atoms with Crippen LogP contribution in [0.15, 0.2) is 40.2 Å². The largest absolute Gasteiger partial charge is 0.480 e. The van der Waals surface area contributed by atoms with Crippen LogP contribution in [0.4, 0.5) is 0 Å². The Labute approximate surface area is 145 Å². The summed E-state index contributed by atoms with van der Waals surface area (Å²) in [4.78, 5) is 23.5. The minimum atomic E-state index is -3.81. The van der Waals surface area contributed by atoms with Gasteiger partial charge >= 0.3 is 5.97 Å². The molecule has 0 bridgehead atoms. The van der Waals surface area contributed by atoms with E-state index in [-0.39, 0.29) is 10.3 Å². The molecule has 1 aliphatic rings. The fourth-order valence-corrected chi connectivity index (χ4v) is 4.83. The third-order valence-corrected chi connectivity index (χ3v) is 6.55. The molecule has 1 fully saturated rings. The number of nitrogens with zero attached hydrogens (tertiary/aromatic N) is 2. The van der Waals surface area contributed by atoms with Gasteiger partial charge in [0, 0.05) is 30.1 Å². The van der Waals surface area contributed by atoms with Crippen molar-refractivity contribution in [3.63, 3.8) is 0 Å². The molecular weight excluding hydrogens is 344 g/mol. The standard InChI is InChI=1S/C17H20N2O5S/c1-12-6-8-19(9-7-12)25(23,24)15-10-18(11-16(20)21)17(22)14-5-3-2-4-13(14)15/h2-5,10,12H,6-9,11H2,1H3,(H,20,21). The van der Waals surface area contributed by atoms with Gasteiger partial charge in [0.1, 0.15) is 11.4 Å². The van der Waals surface area contributed by atoms with Crippen molar-refractivity contribution in [2.75, 3.05) is 13.1 Å². The van der Waals surface area contributed by atoms with Crippen molar-refractivity contribution in [1.82, 2.24) is 8.87 Å². The molecule has 2 aromatic rings. The number of rotatable bonds is 4. The predicted molar refractivity (Wildman–Crippen MR) is 93.0 cm³/mol. The number of benzene rings is 1. The molecule has 0 spiro atoms. The van der Waals surface area contributed by atoms with Crippen LogP contribution in [0.25, 0.3) is 10.8 Å². The summed E-state index contributed by atoms with van der Waals surface area (Å²) < 4.78 is 28.6. The Balaban J connectivity index is 2.19. The van der Waals surface area contributed by atoms with Gasteiger partial charge in [0.05, 0.1) is 0 Å². The number of carboxylic acid groups (broad SMARTS) is 1.